The molecule has 1 aliphatic carbocycles. The Morgan fingerprint density at radius 1 is 1.43 bits per heavy atom. The first-order chi connectivity index (χ1) is 14.2. The van der Waals surface area contributed by atoms with Gasteiger partial charge in [0.2, 0.25) is 5.79 Å². The number of aliphatic hydroxyl groups is 1. The zero-order chi connectivity index (χ0) is 21.7. The molecule has 2 aromatic heterocycles. The first-order valence-corrected chi connectivity index (χ1v) is 10.6. The molecule has 1 aliphatic heterocycles. The van der Waals surface area contributed by atoms with E-state index in [1.54, 1.807) is 13.8 Å². The van der Waals surface area contributed by atoms with Crippen LogP contribution in [-0.2, 0) is 19.0 Å². The van der Waals surface area contributed by atoms with Gasteiger partial charge in [0.05, 0.1) is 6.04 Å². The highest BCUT2D eigenvalue weighted by atomic mass is 32.2. The van der Waals surface area contributed by atoms with Gasteiger partial charge in [-0.25, -0.2) is 19.4 Å². The lowest BCUT2D eigenvalue weighted by molar-refractivity contribution is -0.285. The van der Waals surface area contributed by atoms with Gasteiger partial charge < -0.3 is 30.2 Å². The summed E-state index contributed by atoms with van der Waals surface area (Å²) in [6, 6.07) is -0.570. The summed E-state index contributed by atoms with van der Waals surface area (Å²) in [5, 5.41) is 28.7. The van der Waals surface area contributed by atoms with E-state index < -0.39 is 42.4 Å². The summed E-state index contributed by atoms with van der Waals surface area (Å²) in [6.07, 6.45) is -0.903. The smallest absolute Gasteiger partial charge is 0.329 e. The molecule has 13 heteroatoms. The summed E-state index contributed by atoms with van der Waals surface area (Å²) >= 11 is 1.47. The van der Waals surface area contributed by atoms with Gasteiger partial charge in [0.25, 0.3) is 0 Å². The van der Waals surface area contributed by atoms with Crippen molar-refractivity contribution in [3.63, 3.8) is 0 Å². The SMILES string of the molecule is CCCSc1nc(N)c2nnn([C@H]3C[C@@H](O)[C@]4(OCC(=O)O)OC(C)(C)O[C@H]34)c2n1. The average molecular weight is 440 g/mol. The minimum absolute atomic E-state index is 0.139. The van der Waals surface area contributed by atoms with Gasteiger partial charge in [-0.15, -0.1) is 5.10 Å². The molecule has 0 spiro atoms. The Morgan fingerprint density at radius 3 is 2.90 bits per heavy atom. The molecule has 2 aromatic rings. The van der Waals surface area contributed by atoms with Gasteiger partial charge in [0.15, 0.2) is 27.9 Å². The monoisotopic (exact) mass is 440 g/mol. The molecule has 30 heavy (non-hydrogen) atoms. The van der Waals surface area contributed by atoms with Crippen LogP contribution in [0.4, 0.5) is 5.82 Å². The Hall–Kier alpha value is -2.06. The van der Waals surface area contributed by atoms with E-state index in [2.05, 4.69) is 27.2 Å². The Balaban J connectivity index is 1.74. The highest BCUT2D eigenvalue weighted by Crippen LogP contribution is 2.52. The molecular formula is C17H24N6O6S. The number of nitrogen functional groups attached to an aromatic ring is 1. The minimum atomic E-state index is -1.65. The van der Waals surface area contributed by atoms with Crippen molar-refractivity contribution in [2.24, 2.45) is 0 Å². The van der Waals surface area contributed by atoms with Crippen LogP contribution in [0.5, 0.6) is 0 Å². The van der Waals surface area contributed by atoms with Crippen molar-refractivity contribution in [2.75, 3.05) is 18.1 Å². The lowest BCUT2D eigenvalue weighted by atomic mass is 10.1. The summed E-state index contributed by atoms with van der Waals surface area (Å²) in [4.78, 5) is 19.9. The van der Waals surface area contributed by atoms with E-state index in [0.717, 1.165) is 12.2 Å². The number of aromatic nitrogens is 5. The number of aliphatic carboxylic acids is 1. The average Bonchev–Trinajstić information content (AvgIpc) is 3.28. The van der Waals surface area contributed by atoms with Crippen molar-refractivity contribution in [1.29, 1.82) is 0 Å². The number of hydrogen-bond donors (Lipinski definition) is 3. The summed E-state index contributed by atoms with van der Waals surface area (Å²) in [5.74, 6) is -2.90. The second kappa shape index (κ2) is 7.57. The van der Waals surface area contributed by atoms with E-state index in [-0.39, 0.29) is 12.2 Å². The van der Waals surface area contributed by atoms with Crippen LogP contribution in [-0.4, -0.2) is 77.3 Å². The molecule has 0 bridgehead atoms. The van der Waals surface area contributed by atoms with Gasteiger partial charge in [0.1, 0.15) is 18.8 Å². The molecule has 1 saturated heterocycles. The highest BCUT2D eigenvalue weighted by Gasteiger charge is 2.67. The zero-order valence-corrected chi connectivity index (χ0v) is 17.6. The first kappa shape index (κ1) is 21.2. The van der Waals surface area contributed by atoms with E-state index in [1.165, 1.54) is 16.4 Å². The second-order valence-electron chi connectivity index (χ2n) is 7.71. The largest absolute Gasteiger partial charge is 0.480 e. The van der Waals surface area contributed by atoms with Gasteiger partial charge in [-0.3, -0.25) is 0 Å². The van der Waals surface area contributed by atoms with Gasteiger partial charge >= 0.3 is 5.97 Å². The number of nitrogens with zero attached hydrogens (tertiary/aromatic N) is 5. The van der Waals surface area contributed by atoms with Crippen molar-refractivity contribution < 1.29 is 29.2 Å². The summed E-state index contributed by atoms with van der Waals surface area (Å²) in [5.41, 5.74) is 6.79. The van der Waals surface area contributed by atoms with E-state index in [0.29, 0.717) is 16.3 Å². The molecule has 164 valence electrons. The molecule has 4 rings (SSSR count). The van der Waals surface area contributed by atoms with Gasteiger partial charge in [-0.1, -0.05) is 23.9 Å². The highest BCUT2D eigenvalue weighted by molar-refractivity contribution is 7.99. The third-order valence-electron chi connectivity index (χ3n) is 4.99. The number of aliphatic hydroxyl groups excluding tert-OH is 1. The number of thioether (sulfide) groups is 1. The van der Waals surface area contributed by atoms with Crippen molar-refractivity contribution in [2.45, 2.75) is 68.6 Å². The van der Waals surface area contributed by atoms with Crippen LogP contribution in [0.1, 0.15) is 39.7 Å². The van der Waals surface area contributed by atoms with Gasteiger partial charge in [-0.05, 0) is 20.3 Å². The molecular weight excluding hydrogens is 416 g/mol. The van der Waals surface area contributed by atoms with Crippen LogP contribution in [0.3, 0.4) is 0 Å². The number of fused-ring (bicyclic) bond motifs is 2. The first-order valence-electron chi connectivity index (χ1n) is 9.60. The Bertz CT molecular complexity index is 970. The van der Waals surface area contributed by atoms with Crippen LogP contribution in [0.2, 0.25) is 0 Å². The van der Waals surface area contributed by atoms with Crippen molar-refractivity contribution in [3.8, 4) is 0 Å². The van der Waals surface area contributed by atoms with E-state index in [4.69, 9.17) is 25.1 Å². The number of carboxylic acid groups (broad SMARTS) is 1. The molecule has 2 aliphatic rings. The Kier molecular flexibility index (Phi) is 5.34. The molecule has 3 heterocycles. The number of rotatable bonds is 7. The molecule has 0 unspecified atom stereocenters. The number of carboxylic acids is 1. The summed E-state index contributed by atoms with van der Waals surface area (Å²) < 4.78 is 19.0. The number of carbonyl (C=O) groups is 1. The van der Waals surface area contributed by atoms with Crippen LogP contribution in [0.15, 0.2) is 5.16 Å². The van der Waals surface area contributed by atoms with Crippen LogP contribution in [0, 0.1) is 0 Å². The third kappa shape index (κ3) is 3.50. The number of ether oxygens (including phenoxy) is 3. The molecule has 4 atom stereocenters. The third-order valence-corrected chi connectivity index (χ3v) is 6.05. The molecule has 12 nitrogen and oxygen atoms in total. The van der Waals surface area contributed by atoms with Crippen molar-refractivity contribution in [3.05, 3.63) is 0 Å². The van der Waals surface area contributed by atoms with Crippen molar-refractivity contribution in [1.82, 2.24) is 25.0 Å². The van der Waals surface area contributed by atoms with E-state index >= 15 is 0 Å². The van der Waals surface area contributed by atoms with Gasteiger partial charge in [-0.2, -0.15) is 0 Å². The molecule has 0 radical (unpaired) electrons. The number of nitrogens with two attached hydrogens (primary N) is 1. The lowest BCUT2D eigenvalue weighted by Gasteiger charge is -2.30. The predicted octanol–water partition coefficient (Wildman–Crippen LogP) is 0.560. The molecule has 4 N–H and O–H groups in total. The normalized spacial score (nSPS) is 30.1. The maximum absolute atomic E-state index is 11.1. The fourth-order valence-corrected chi connectivity index (χ4v) is 4.60. The van der Waals surface area contributed by atoms with Crippen LogP contribution < -0.4 is 5.73 Å². The maximum Gasteiger partial charge on any atom is 0.329 e. The van der Waals surface area contributed by atoms with Crippen molar-refractivity contribution >= 4 is 34.7 Å². The molecule has 0 amide bonds. The molecule has 1 saturated carbocycles. The van der Waals surface area contributed by atoms with E-state index in [9.17, 15) is 9.90 Å². The topological polar surface area (TPSA) is 168 Å². The lowest BCUT2D eigenvalue weighted by Crippen LogP contribution is -2.49. The molecule has 2 fully saturated rings. The predicted molar refractivity (Wildman–Crippen MR) is 105 cm³/mol. The fraction of sp³-hybridized carbons (Fsp3) is 0.706. The maximum atomic E-state index is 11.1. The minimum Gasteiger partial charge on any atom is -0.480 e. The Labute approximate surface area is 176 Å². The quantitative estimate of drug-likeness (QED) is 0.405. The second-order valence-corrected chi connectivity index (χ2v) is 8.77. The van der Waals surface area contributed by atoms with Crippen LogP contribution >= 0.6 is 11.8 Å². The summed E-state index contributed by atoms with van der Waals surface area (Å²) in [7, 11) is 0. The van der Waals surface area contributed by atoms with E-state index in [1.807, 2.05) is 0 Å². The van der Waals surface area contributed by atoms with Gasteiger partial charge in [0, 0.05) is 12.2 Å². The molecule has 0 aromatic carbocycles. The standard InChI is InChI=1S/C17H24N6O6S/c1-4-5-30-15-19-13(18)11-14(20-15)23(22-21-11)8-6-9(24)17(27-7-10(25)26)12(8)28-16(2,3)29-17/h8-9,12,24H,4-7H2,1-3H3,(H,25,26)(H2,18,19,20)/t8-,9+,12+,17-/m0/s1. The zero-order valence-electron chi connectivity index (χ0n) is 16.8. The number of hydrogen-bond acceptors (Lipinski definition) is 11. The summed E-state index contributed by atoms with van der Waals surface area (Å²) in [6.45, 7) is 4.74. The van der Waals surface area contributed by atoms with Crippen LogP contribution in [0.25, 0.3) is 11.2 Å². The number of anilines is 1. The fourth-order valence-electron chi connectivity index (χ4n) is 3.90. The Morgan fingerprint density at radius 2 is 2.20 bits per heavy atom.